The Morgan fingerprint density at radius 3 is 2.16 bits per heavy atom. The maximum Gasteiger partial charge on any atom is 0.0500 e. The van der Waals surface area contributed by atoms with Crippen LogP contribution in [0.1, 0.15) is 28.3 Å². The van der Waals surface area contributed by atoms with Gasteiger partial charge in [0.25, 0.3) is 0 Å². The first-order valence-electron chi connectivity index (χ1n) is 6.38. The molecule has 0 heterocycles. The van der Waals surface area contributed by atoms with Crippen LogP contribution in [0.25, 0.3) is 0 Å². The number of aryl methyl sites for hydroxylation is 2. The smallest absolute Gasteiger partial charge is 0.0500 e. The minimum absolute atomic E-state index is 0.150. The topological polar surface area (TPSA) is 38.0 Å². The molecule has 1 unspecified atom stereocenters. The zero-order valence-electron chi connectivity index (χ0n) is 11.3. The fourth-order valence-corrected chi connectivity index (χ4v) is 2.70. The number of hydrogen-bond acceptors (Lipinski definition) is 2. The van der Waals surface area contributed by atoms with E-state index in [9.17, 15) is 0 Å². The number of benzene rings is 2. The third kappa shape index (κ3) is 3.55. The van der Waals surface area contributed by atoms with E-state index in [0.717, 1.165) is 6.42 Å². The van der Waals surface area contributed by atoms with E-state index in [-0.39, 0.29) is 6.04 Å². The van der Waals surface area contributed by atoms with Gasteiger partial charge in [-0.25, -0.2) is 0 Å². The van der Waals surface area contributed by atoms with Gasteiger partial charge in [-0.05, 0) is 77.2 Å². The average molecular weight is 366 g/mol. The molecule has 2 rings (SSSR count). The van der Waals surface area contributed by atoms with E-state index in [4.69, 9.17) is 5.84 Å². The fraction of sp³-hybridized carbons (Fsp3) is 0.250. The quantitative estimate of drug-likeness (QED) is 0.493. The van der Waals surface area contributed by atoms with Crippen molar-refractivity contribution in [1.29, 1.82) is 0 Å². The molecule has 0 saturated heterocycles. The molecule has 3 heteroatoms. The number of hydrazine groups is 1. The molecular formula is C16H19IN2. The van der Waals surface area contributed by atoms with Gasteiger partial charge in [0.1, 0.15) is 0 Å². The summed E-state index contributed by atoms with van der Waals surface area (Å²) >= 11 is 2.31. The molecule has 19 heavy (non-hydrogen) atoms. The van der Waals surface area contributed by atoms with Crippen molar-refractivity contribution in [3.8, 4) is 0 Å². The summed E-state index contributed by atoms with van der Waals surface area (Å²) in [7, 11) is 0. The van der Waals surface area contributed by atoms with E-state index in [1.54, 1.807) is 0 Å². The van der Waals surface area contributed by atoms with Crippen LogP contribution < -0.4 is 11.3 Å². The molecule has 1 atom stereocenters. The number of nitrogens with one attached hydrogen (secondary N) is 1. The summed E-state index contributed by atoms with van der Waals surface area (Å²) in [6.45, 7) is 4.31. The van der Waals surface area contributed by atoms with Gasteiger partial charge in [0.15, 0.2) is 0 Å². The van der Waals surface area contributed by atoms with E-state index in [1.165, 1.54) is 25.8 Å². The van der Waals surface area contributed by atoms with E-state index >= 15 is 0 Å². The second-order valence-corrected chi connectivity index (χ2v) is 6.09. The lowest BCUT2D eigenvalue weighted by atomic mass is 9.93. The maximum atomic E-state index is 5.74. The van der Waals surface area contributed by atoms with Gasteiger partial charge < -0.3 is 0 Å². The van der Waals surface area contributed by atoms with Crippen LogP contribution in [0, 0.1) is 17.4 Å². The number of nitrogens with two attached hydrogens (primary N) is 1. The first-order chi connectivity index (χ1) is 9.11. The molecule has 100 valence electrons. The van der Waals surface area contributed by atoms with Crippen LogP contribution in [0.5, 0.6) is 0 Å². The second kappa shape index (κ2) is 6.50. The first kappa shape index (κ1) is 14.5. The highest BCUT2D eigenvalue weighted by Gasteiger charge is 2.13. The Morgan fingerprint density at radius 2 is 1.63 bits per heavy atom. The Hall–Kier alpha value is -0.910. The SMILES string of the molecule is Cc1cccc(C)c1CC(NN)c1ccc(I)cc1. The Morgan fingerprint density at radius 1 is 1.05 bits per heavy atom. The lowest BCUT2D eigenvalue weighted by Gasteiger charge is -2.19. The molecule has 0 radical (unpaired) electrons. The summed E-state index contributed by atoms with van der Waals surface area (Å²) in [5.41, 5.74) is 8.19. The summed E-state index contributed by atoms with van der Waals surface area (Å²) < 4.78 is 1.24. The van der Waals surface area contributed by atoms with Crippen molar-refractivity contribution in [1.82, 2.24) is 5.43 Å². The lowest BCUT2D eigenvalue weighted by Crippen LogP contribution is -2.30. The summed E-state index contributed by atoms with van der Waals surface area (Å²) in [4.78, 5) is 0. The van der Waals surface area contributed by atoms with Gasteiger partial charge in [-0.15, -0.1) is 0 Å². The van der Waals surface area contributed by atoms with Gasteiger partial charge >= 0.3 is 0 Å². The van der Waals surface area contributed by atoms with Crippen LogP contribution in [-0.4, -0.2) is 0 Å². The van der Waals surface area contributed by atoms with Gasteiger partial charge in [-0.1, -0.05) is 30.3 Å². The molecule has 0 aliphatic heterocycles. The molecule has 0 spiro atoms. The van der Waals surface area contributed by atoms with Crippen molar-refractivity contribution in [2.45, 2.75) is 26.3 Å². The number of halogens is 1. The predicted molar refractivity (Wildman–Crippen MR) is 88.8 cm³/mol. The van der Waals surface area contributed by atoms with Crippen LogP contribution in [-0.2, 0) is 6.42 Å². The van der Waals surface area contributed by atoms with Gasteiger partial charge in [0, 0.05) is 9.61 Å². The van der Waals surface area contributed by atoms with Crippen LogP contribution >= 0.6 is 22.6 Å². The molecule has 0 aliphatic carbocycles. The fourth-order valence-electron chi connectivity index (χ4n) is 2.34. The molecule has 3 N–H and O–H groups in total. The van der Waals surface area contributed by atoms with Crippen molar-refractivity contribution >= 4 is 22.6 Å². The molecule has 0 aliphatic rings. The third-order valence-corrected chi connectivity index (χ3v) is 4.25. The van der Waals surface area contributed by atoms with E-state index in [2.05, 4.69) is 84.3 Å². The number of hydrogen-bond donors (Lipinski definition) is 2. The second-order valence-electron chi connectivity index (χ2n) is 4.85. The molecule has 2 aromatic rings. The monoisotopic (exact) mass is 366 g/mol. The van der Waals surface area contributed by atoms with E-state index in [0.29, 0.717) is 0 Å². The minimum atomic E-state index is 0.150. The average Bonchev–Trinajstić information content (AvgIpc) is 2.40. The summed E-state index contributed by atoms with van der Waals surface area (Å²) in [6.07, 6.45) is 0.912. The minimum Gasteiger partial charge on any atom is -0.271 e. The van der Waals surface area contributed by atoms with Crippen LogP contribution in [0.3, 0.4) is 0 Å². The Labute approximate surface area is 128 Å². The Kier molecular flexibility index (Phi) is 4.96. The third-order valence-electron chi connectivity index (χ3n) is 3.53. The van der Waals surface area contributed by atoms with Crippen LogP contribution in [0.4, 0.5) is 0 Å². The zero-order chi connectivity index (χ0) is 13.8. The largest absolute Gasteiger partial charge is 0.271 e. The van der Waals surface area contributed by atoms with Crippen molar-refractivity contribution in [2.24, 2.45) is 5.84 Å². The van der Waals surface area contributed by atoms with Gasteiger partial charge in [-0.3, -0.25) is 11.3 Å². The molecular weight excluding hydrogens is 347 g/mol. The van der Waals surface area contributed by atoms with Crippen LogP contribution in [0.15, 0.2) is 42.5 Å². The zero-order valence-corrected chi connectivity index (χ0v) is 13.4. The molecule has 0 aromatic heterocycles. The van der Waals surface area contributed by atoms with E-state index in [1.807, 2.05) is 0 Å². The molecule has 0 amide bonds. The lowest BCUT2D eigenvalue weighted by molar-refractivity contribution is 0.549. The summed E-state index contributed by atoms with van der Waals surface area (Å²) in [6, 6.07) is 15.1. The standard InChI is InChI=1S/C16H19IN2/c1-11-4-3-5-12(2)15(11)10-16(19-18)13-6-8-14(17)9-7-13/h3-9,16,19H,10,18H2,1-2H3. The number of rotatable bonds is 4. The van der Waals surface area contributed by atoms with Crippen molar-refractivity contribution in [3.05, 3.63) is 68.3 Å². The molecule has 0 bridgehead atoms. The molecule has 2 nitrogen and oxygen atoms in total. The highest BCUT2D eigenvalue weighted by Crippen LogP contribution is 2.23. The summed E-state index contributed by atoms with van der Waals surface area (Å²) in [5, 5.41) is 0. The Bertz CT molecular complexity index is 529. The Balaban J connectivity index is 2.26. The normalized spacial score (nSPS) is 12.4. The summed E-state index contributed by atoms with van der Waals surface area (Å²) in [5.74, 6) is 5.74. The van der Waals surface area contributed by atoms with Gasteiger partial charge in [-0.2, -0.15) is 0 Å². The van der Waals surface area contributed by atoms with Crippen LogP contribution in [0.2, 0.25) is 0 Å². The molecule has 0 fully saturated rings. The maximum absolute atomic E-state index is 5.74. The van der Waals surface area contributed by atoms with Crippen molar-refractivity contribution in [3.63, 3.8) is 0 Å². The van der Waals surface area contributed by atoms with E-state index < -0.39 is 0 Å². The first-order valence-corrected chi connectivity index (χ1v) is 7.46. The molecule has 2 aromatic carbocycles. The highest BCUT2D eigenvalue weighted by molar-refractivity contribution is 14.1. The predicted octanol–water partition coefficient (Wildman–Crippen LogP) is 3.66. The van der Waals surface area contributed by atoms with Crippen molar-refractivity contribution in [2.75, 3.05) is 0 Å². The van der Waals surface area contributed by atoms with Gasteiger partial charge in [0.05, 0.1) is 0 Å². The van der Waals surface area contributed by atoms with Gasteiger partial charge in [0.2, 0.25) is 0 Å². The molecule has 0 saturated carbocycles. The highest BCUT2D eigenvalue weighted by atomic mass is 127. The van der Waals surface area contributed by atoms with Crippen molar-refractivity contribution < 1.29 is 0 Å².